The Morgan fingerprint density at radius 3 is 2.59 bits per heavy atom. The Morgan fingerprint density at radius 2 is 1.90 bits per heavy atom. The van der Waals surface area contributed by atoms with Crippen LogP contribution in [0.1, 0.15) is 12.5 Å². The van der Waals surface area contributed by atoms with Crippen molar-refractivity contribution in [2.24, 2.45) is 0 Å². The molecule has 0 unspecified atom stereocenters. The summed E-state index contributed by atoms with van der Waals surface area (Å²) in [6.45, 7) is 1.41. The molecule has 4 aromatic rings. The molecule has 0 fully saturated rings. The molecule has 0 spiro atoms. The highest BCUT2D eigenvalue weighted by Crippen LogP contribution is 2.30. The average molecular weight is 423 g/mol. The molecule has 3 heterocycles. The molecule has 0 aliphatic carbocycles. The Hall–Kier alpha value is -3.28. The Kier molecular flexibility index (Phi) is 4.19. The molecule has 0 atom stereocenters. The van der Waals surface area contributed by atoms with E-state index in [-0.39, 0.29) is 33.0 Å². The lowest BCUT2D eigenvalue weighted by Crippen LogP contribution is -2.24. The Bertz CT molecular complexity index is 1420. The van der Waals surface area contributed by atoms with Crippen molar-refractivity contribution in [2.45, 2.75) is 18.1 Å². The molecular formula is C17H12F3N5O3S. The summed E-state index contributed by atoms with van der Waals surface area (Å²) in [5, 5.41) is 7.44. The van der Waals surface area contributed by atoms with Crippen molar-refractivity contribution in [3.8, 4) is 5.82 Å². The van der Waals surface area contributed by atoms with E-state index >= 15 is 0 Å². The summed E-state index contributed by atoms with van der Waals surface area (Å²) in [6, 6.07) is 5.69. The second-order valence-corrected chi connectivity index (χ2v) is 8.29. The number of halogens is 3. The molecule has 1 aromatic carbocycles. The lowest BCUT2D eigenvalue weighted by Gasteiger charge is -2.09. The number of aromatic nitrogens is 5. The first kappa shape index (κ1) is 19.1. The van der Waals surface area contributed by atoms with Crippen LogP contribution in [0.5, 0.6) is 0 Å². The summed E-state index contributed by atoms with van der Waals surface area (Å²) in [5.41, 5.74) is -1.78. The highest BCUT2D eigenvalue weighted by atomic mass is 32.2. The van der Waals surface area contributed by atoms with Crippen LogP contribution in [0.2, 0.25) is 0 Å². The van der Waals surface area contributed by atoms with E-state index in [0.29, 0.717) is 10.7 Å². The Balaban J connectivity index is 2.08. The maximum atomic E-state index is 13.0. The van der Waals surface area contributed by atoms with Gasteiger partial charge >= 0.3 is 6.18 Å². The van der Waals surface area contributed by atoms with Crippen LogP contribution in [-0.2, 0) is 16.0 Å². The quantitative estimate of drug-likeness (QED) is 0.501. The second kappa shape index (κ2) is 6.37. The van der Waals surface area contributed by atoms with Gasteiger partial charge in [-0.25, -0.2) is 13.4 Å². The predicted octanol–water partition coefficient (Wildman–Crippen LogP) is 2.24. The maximum absolute atomic E-state index is 13.0. The molecule has 0 saturated carbocycles. The van der Waals surface area contributed by atoms with E-state index in [1.165, 1.54) is 31.5 Å². The van der Waals surface area contributed by atoms with Gasteiger partial charge in [-0.05, 0) is 24.3 Å². The van der Waals surface area contributed by atoms with Crippen LogP contribution in [-0.4, -0.2) is 38.5 Å². The van der Waals surface area contributed by atoms with Gasteiger partial charge in [-0.1, -0.05) is 13.0 Å². The van der Waals surface area contributed by atoms with Gasteiger partial charge in [-0.3, -0.25) is 4.79 Å². The number of sulfone groups is 1. The topological polar surface area (TPSA) is 99.2 Å². The second-order valence-electron chi connectivity index (χ2n) is 6.10. The predicted molar refractivity (Wildman–Crippen MR) is 96.6 cm³/mol. The number of benzene rings is 1. The Labute approximate surface area is 161 Å². The monoisotopic (exact) mass is 423 g/mol. The maximum Gasteiger partial charge on any atom is 0.416 e. The van der Waals surface area contributed by atoms with E-state index in [0.717, 1.165) is 16.6 Å². The molecular weight excluding hydrogens is 411 g/mol. The van der Waals surface area contributed by atoms with Crippen LogP contribution in [0.15, 0.2) is 52.5 Å². The summed E-state index contributed by atoms with van der Waals surface area (Å²) in [5.74, 6) is -0.625. The van der Waals surface area contributed by atoms with E-state index in [2.05, 4.69) is 15.2 Å². The van der Waals surface area contributed by atoms with Crippen LogP contribution in [0.25, 0.3) is 22.2 Å². The smallest absolute Gasteiger partial charge is 0.267 e. The number of alkyl halides is 3. The third kappa shape index (κ3) is 3.05. The molecule has 8 nitrogen and oxygen atoms in total. The van der Waals surface area contributed by atoms with Crippen molar-refractivity contribution < 1.29 is 21.6 Å². The first-order valence-electron chi connectivity index (χ1n) is 8.29. The zero-order valence-corrected chi connectivity index (χ0v) is 15.6. The van der Waals surface area contributed by atoms with Crippen molar-refractivity contribution in [3.05, 3.63) is 58.6 Å². The standard InChI is InChI=1S/C17H12F3N5O3S/c1-2-29(27,28)16-14(23-13-4-3-7-21-24(13)16)25-15(26)12-8-11(17(18,19)20)6-5-10(12)9-22-25/h3-9H,2H2,1H3. The molecule has 0 N–H and O–H groups in total. The van der Waals surface area contributed by atoms with Crippen LogP contribution < -0.4 is 5.56 Å². The zero-order chi connectivity index (χ0) is 21.0. The fourth-order valence-electron chi connectivity index (χ4n) is 2.87. The molecule has 3 aromatic heterocycles. The van der Waals surface area contributed by atoms with Gasteiger partial charge in [0.2, 0.25) is 5.03 Å². The minimum absolute atomic E-state index is 0.146. The van der Waals surface area contributed by atoms with Gasteiger partial charge < -0.3 is 0 Å². The van der Waals surface area contributed by atoms with E-state index < -0.39 is 27.1 Å². The van der Waals surface area contributed by atoms with Crippen LogP contribution >= 0.6 is 0 Å². The molecule has 29 heavy (non-hydrogen) atoms. The summed E-state index contributed by atoms with van der Waals surface area (Å²) < 4.78 is 66.2. The van der Waals surface area contributed by atoms with Gasteiger partial charge in [0.1, 0.15) is 0 Å². The molecule has 4 rings (SSSR count). The molecule has 0 bridgehead atoms. The van der Waals surface area contributed by atoms with Gasteiger partial charge in [0.25, 0.3) is 5.56 Å². The number of nitrogens with zero attached hydrogens (tertiary/aromatic N) is 5. The summed E-state index contributed by atoms with van der Waals surface area (Å²) in [4.78, 5) is 17.1. The van der Waals surface area contributed by atoms with Crippen molar-refractivity contribution >= 4 is 26.3 Å². The van der Waals surface area contributed by atoms with Crippen molar-refractivity contribution in [2.75, 3.05) is 5.75 Å². The summed E-state index contributed by atoms with van der Waals surface area (Å²) in [7, 11) is -3.90. The highest BCUT2D eigenvalue weighted by Gasteiger charge is 2.31. The molecule has 0 radical (unpaired) electrons. The van der Waals surface area contributed by atoms with Crippen LogP contribution in [0, 0.1) is 0 Å². The van der Waals surface area contributed by atoms with Gasteiger partial charge in [-0.2, -0.15) is 32.6 Å². The largest absolute Gasteiger partial charge is 0.416 e. The van der Waals surface area contributed by atoms with Crippen LogP contribution in [0.4, 0.5) is 13.2 Å². The fraction of sp³-hybridized carbons (Fsp3) is 0.176. The Morgan fingerprint density at radius 1 is 1.14 bits per heavy atom. The lowest BCUT2D eigenvalue weighted by atomic mass is 10.1. The average Bonchev–Trinajstić information content (AvgIpc) is 3.07. The zero-order valence-electron chi connectivity index (χ0n) is 14.8. The molecule has 12 heteroatoms. The minimum Gasteiger partial charge on any atom is -0.267 e. The highest BCUT2D eigenvalue weighted by molar-refractivity contribution is 7.91. The van der Waals surface area contributed by atoms with Crippen molar-refractivity contribution in [3.63, 3.8) is 0 Å². The van der Waals surface area contributed by atoms with Gasteiger partial charge in [0, 0.05) is 11.6 Å². The van der Waals surface area contributed by atoms with E-state index in [4.69, 9.17) is 0 Å². The van der Waals surface area contributed by atoms with Crippen molar-refractivity contribution in [1.29, 1.82) is 0 Å². The fourth-order valence-corrected chi connectivity index (χ4v) is 3.96. The van der Waals surface area contributed by atoms with E-state index in [1.807, 2.05) is 0 Å². The first-order chi connectivity index (χ1) is 13.6. The molecule has 0 aliphatic heterocycles. The molecule has 0 amide bonds. The number of hydrogen-bond donors (Lipinski definition) is 0. The van der Waals surface area contributed by atoms with Crippen molar-refractivity contribution in [1.82, 2.24) is 24.4 Å². The third-order valence-electron chi connectivity index (χ3n) is 4.33. The SMILES string of the molecule is CCS(=O)(=O)c1c(-n2ncc3ccc(C(F)(F)F)cc3c2=O)nc2cccnn12. The normalized spacial score (nSPS) is 12.7. The number of imidazole rings is 1. The van der Waals surface area contributed by atoms with E-state index in [1.54, 1.807) is 0 Å². The van der Waals surface area contributed by atoms with Gasteiger partial charge in [0.05, 0.1) is 22.9 Å². The third-order valence-corrected chi connectivity index (χ3v) is 6.03. The number of rotatable bonds is 3. The lowest BCUT2D eigenvalue weighted by molar-refractivity contribution is -0.137. The molecule has 0 aliphatic rings. The summed E-state index contributed by atoms with van der Waals surface area (Å²) in [6.07, 6.45) is -2.12. The summed E-state index contributed by atoms with van der Waals surface area (Å²) >= 11 is 0. The van der Waals surface area contributed by atoms with Gasteiger partial charge in [0.15, 0.2) is 21.3 Å². The number of hydrogen-bond acceptors (Lipinski definition) is 6. The van der Waals surface area contributed by atoms with Gasteiger partial charge in [-0.15, -0.1) is 0 Å². The van der Waals surface area contributed by atoms with Crippen LogP contribution in [0.3, 0.4) is 0 Å². The molecule has 0 saturated heterocycles. The van der Waals surface area contributed by atoms with E-state index in [9.17, 15) is 26.4 Å². The first-order valence-corrected chi connectivity index (χ1v) is 9.95. The number of fused-ring (bicyclic) bond motifs is 2. The minimum atomic E-state index is -4.64. The molecule has 150 valence electrons.